The molecule has 6 atom stereocenters. The van der Waals surface area contributed by atoms with Crippen molar-refractivity contribution in [1.29, 1.82) is 0 Å². The average Bonchev–Trinajstić information content (AvgIpc) is 2.93. The van der Waals surface area contributed by atoms with Crippen molar-refractivity contribution >= 4 is 11.6 Å². The second-order valence-corrected chi connectivity index (χ2v) is 9.30. The van der Waals surface area contributed by atoms with Crippen molar-refractivity contribution < 1.29 is 24.9 Å². The van der Waals surface area contributed by atoms with E-state index in [0.29, 0.717) is 24.7 Å². The third-order valence-electron chi connectivity index (χ3n) is 8.72. The second kappa shape index (κ2) is 5.98. The van der Waals surface area contributed by atoms with Crippen molar-refractivity contribution in [2.24, 2.45) is 28.6 Å². The molecule has 0 spiro atoms. The highest BCUT2D eigenvalue weighted by Crippen LogP contribution is 2.67. The van der Waals surface area contributed by atoms with Crippen LogP contribution >= 0.6 is 0 Å². The lowest BCUT2D eigenvalue weighted by molar-refractivity contribution is -0.166. The molecule has 3 N–H and O–H groups in total. The molecule has 3 saturated carbocycles. The molecule has 0 bridgehead atoms. The maximum absolute atomic E-state index is 12.4. The summed E-state index contributed by atoms with van der Waals surface area (Å²) in [7, 11) is 0. The predicted octanol–water partition coefficient (Wildman–Crippen LogP) is 1.78. The molecule has 0 saturated heterocycles. The number of carbonyl (C=O) groups is 2. The van der Waals surface area contributed by atoms with Gasteiger partial charge in [-0.25, -0.2) is 0 Å². The third-order valence-corrected chi connectivity index (χ3v) is 8.72. The fourth-order valence-corrected chi connectivity index (χ4v) is 7.26. The lowest BCUT2D eigenvalue weighted by atomic mass is 9.46. The van der Waals surface area contributed by atoms with Gasteiger partial charge in [0.2, 0.25) is 0 Å². The van der Waals surface area contributed by atoms with Gasteiger partial charge in [-0.05, 0) is 68.8 Å². The largest absolute Gasteiger partial charge is 0.395 e. The molecule has 0 radical (unpaired) electrons. The van der Waals surface area contributed by atoms with E-state index in [2.05, 4.69) is 0 Å². The Labute approximate surface area is 154 Å². The molecule has 3 fully saturated rings. The van der Waals surface area contributed by atoms with Gasteiger partial charge in [-0.1, -0.05) is 12.5 Å². The smallest absolute Gasteiger partial charge is 0.190 e. The monoisotopic (exact) mass is 362 g/mol. The molecule has 0 aliphatic heterocycles. The number of rotatable bonds is 3. The molecular formula is C21H30O5. The Balaban J connectivity index is 1.70. The lowest BCUT2D eigenvalue weighted by Gasteiger charge is -2.59. The third kappa shape index (κ3) is 2.14. The van der Waals surface area contributed by atoms with E-state index < -0.39 is 23.4 Å². The standard InChI is InChI=1S/C21H30O5/c1-19-7-5-17-15(16(19)6-9-21(19,26)18(25)11-22)3-2-13-10-14(24)4-8-20(13,17)12-23/h10,15-17,22-23,26H,2-9,11-12H2,1H3/t15-,16-,17-,19-,20-,21-/m0/s1. The van der Waals surface area contributed by atoms with Crippen LogP contribution in [-0.4, -0.2) is 45.7 Å². The van der Waals surface area contributed by atoms with Crippen LogP contribution < -0.4 is 0 Å². The summed E-state index contributed by atoms with van der Waals surface area (Å²) in [6, 6.07) is 0. The maximum atomic E-state index is 12.4. The first-order valence-corrected chi connectivity index (χ1v) is 10.0. The van der Waals surface area contributed by atoms with Gasteiger partial charge in [-0.2, -0.15) is 0 Å². The van der Waals surface area contributed by atoms with Gasteiger partial charge in [0.1, 0.15) is 12.2 Å². The van der Waals surface area contributed by atoms with E-state index in [4.69, 9.17) is 0 Å². The van der Waals surface area contributed by atoms with Gasteiger partial charge >= 0.3 is 0 Å². The van der Waals surface area contributed by atoms with Crippen molar-refractivity contribution in [1.82, 2.24) is 0 Å². The molecule has 0 aromatic carbocycles. The topological polar surface area (TPSA) is 94.8 Å². The van der Waals surface area contributed by atoms with Crippen LogP contribution in [0.5, 0.6) is 0 Å². The van der Waals surface area contributed by atoms with Crippen LogP contribution in [-0.2, 0) is 9.59 Å². The molecule has 5 nitrogen and oxygen atoms in total. The summed E-state index contributed by atoms with van der Waals surface area (Å²) in [5.74, 6) is 0.616. The zero-order valence-electron chi connectivity index (χ0n) is 15.5. The van der Waals surface area contributed by atoms with Gasteiger partial charge in [-0.3, -0.25) is 9.59 Å². The highest BCUT2D eigenvalue weighted by atomic mass is 16.3. The maximum Gasteiger partial charge on any atom is 0.190 e. The average molecular weight is 362 g/mol. The second-order valence-electron chi connectivity index (χ2n) is 9.30. The fourth-order valence-electron chi connectivity index (χ4n) is 7.26. The normalized spacial score (nSPS) is 47.6. The summed E-state index contributed by atoms with van der Waals surface area (Å²) in [5, 5.41) is 30.9. The summed E-state index contributed by atoms with van der Waals surface area (Å²) >= 11 is 0. The number of hydrogen-bond acceptors (Lipinski definition) is 5. The summed E-state index contributed by atoms with van der Waals surface area (Å²) < 4.78 is 0. The van der Waals surface area contributed by atoms with Crippen LogP contribution in [0, 0.1) is 28.6 Å². The molecule has 26 heavy (non-hydrogen) atoms. The molecule has 4 aliphatic rings. The molecule has 4 aliphatic carbocycles. The van der Waals surface area contributed by atoms with E-state index in [0.717, 1.165) is 44.1 Å². The Bertz CT molecular complexity index is 669. The SMILES string of the molecule is C[C@]12CC[C@H]3[C@@H](CCC4=CC(=O)CC[C@]43CO)[C@@H]1CC[C@]2(O)C(=O)CO. The summed E-state index contributed by atoms with van der Waals surface area (Å²) in [6.07, 6.45) is 7.57. The van der Waals surface area contributed by atoms with E-state index in [9.17, 15) is 24.9 Å². The highest BCUT2D eigenvalue weighted by Gasteiger charge is 2.66. The molecule has 0 aromatic heterocycles. The Morgan fingerprint density at radius 2 is 1.85 bits per heavy atom. The van der Waals surface area contributed by atoms with Gasteiger partial charge in [-0.15, -0.1) is 0 Å². The Morgan fingerprint density at radius 3 is 2.54 bits per heavy atom. The minimum Gasteiger partial charge on any atom is -0.395 e. The number of fused-ring (bicyclic) bond motifs is 5. The Hall–Kier alpha value is -1.04. The van der Waals surface area contributed by atoms with Crippen LogP contribution in [0.25, 0.3) is 0 Å². The van der Waals surface area contributed by atoms with Crippen molar-refractivity contribution in [3.05, 3.63) is 11.6 Å². The van der Waals surface area contributed by atoms with E-state index in [1.807, 2.05) is 6.92 Å². The molecule has 0 unspecified atom stereocenters. The molecule has 144 valence electrons. The van der Waals surface area contributed by atoms with E-state index in [1.54, 1.807) is 6.08 Å². The zero-order valence-corrected chi connectivity index (χ0v) is 15.5. The lowest BCUT2D eigenvalue weighted by Crippen LogP contribution is -2.59. The molecule has 4 rings (SSSR count). The minimum atomic E-state index is -1.43. The zero-order chi connectivity index (χ0) is 18.7. The van der Waals surface area contributed by atoms with Gasteiger partial charge in [0.15, 0.2) is 11.6 Å². The Morgan fingerprint density at radius 1 is 1.12 bits per heavy atom. The van der Waals surface area contributed by atoms with Gasteiger partial charge in [0.05, 0.1) is 6.61 Å². The number of ketones is 2. The molecule has 0 heterocycles. The first kappa shape index (κ1) is 18.3. The van der Waals surface area contributed by atoms with E-state index >= 15 is 0 Å². The van der Waals surface area contributed by atoms with Crippen LogP contribution in [0.15, 0.2) is 11.6 Å². The molecule has 0 amide bonds. The number of Topliss-reactive ketones (excluding diaryl/α,β-unsaturated/α-hetero) is 1. The molecule has 5 heteroatoms. The van der Waals surface area contributed by atoms with Crippen molar-refractivity contribution in [3.63, 3.8) is 0 Å². The van der Waals surface area contributed by atoms with Gasteiger partial charge < -0.3 is 15.3 Å². The number of aliphatic hydroxyl groups excluding tert-OH is 2. The summed E-state index contributed by atoms with van der Waals surface area (Å²) in [6.45, 7) is 1.49. The summed E-state index contributed by atoms with van der Waals surface area (Å²) in [5.41, 5.74) is -1.10. The number of aliphatic hydroxyl groups is 3. The minimum absolute atomic E-state index is 0.0799. The van der Waals surface area contributed by atoms with Gasteiger partial charge in [0, 0.05) is 17.3 Å². The first-order valence-electron chi connectivity index (χ1n) is 10.0. The van der Waals surface area contributed by atoms with Crippen molar-refractivity contribution in [2.45, 2.75) is 63.9 Å². The first-order chi connectivity index (χ1) is 12.3. The number of carbonyl (C=O) groups excluding carboxylic acids is 2. The van der Waals surface area contributed by atoms with Crippen LogP contribution in [0.1, 0.15) is 58.3 Å². The van der Waals surface area contributed by atoms with Crippen molar-refractivity contribution in [2.75, 3.05) is 13.2 Å². The predicted molar refractivity (Wildman–Crippen MR) is 95.2 cm³/mol. The van der Waals surface area contributed by atoms with Gasteiger partial charge in [0.25, 0.3) is 0 Å². The highest BCUT2D eigenvalue weighted by molar-refractivity contribution is 5.92. The molecule has 0 aromatic rings. The quantitative estimate of drug-likeness (QED) is 0.711. The van der Waals surface area contributed by atoms with Crippen LogP contribution in [0.2, 0.25) is 0 Å². The van der Waals surface area contributed by atoms with E-state index in [1.165, 1.54) is 0 Å². The van der Waals surface area contributed by atoms with E-state index in [-0.39, 0.29) is 23.7 Å². The number of hydrogen-bond donors (Lipinski definition) is 3. The van der Waals surface area contributed by atoms with Crippen LogP contribution in [0.4, 0.5) is 0 Å². The molecular weight excluding hydrogens is 332 g/mol. The van der Waals surface area contributed by atoms with Crippen LogP contribution in [0.3, 0.4) is 0 Å². The fraction of sp³-hybridized carbons (Fsp3) is 0.810. The van der Waals surface area contributed by atoms with Crippen molar-refractivity contribution in [3.8, 4) is 0 Å². The Kier molecular flexibility index (Phi) is 4.22. The summed E-state index contributed by atoms with van der Waals surface area (Å²) in [4.78, 5) is 24.3.